The summed E-state index contributed by atoms with van der Waals surface area (Å²) < 4.78 is 1.87. The lowest BCUT2D eigenvalue weighted by Gasteiger charge is -2.21. The summed E-state index contributed by atoms with van der Waals surface area (Å²) in [5.41, 5.74) is 2.03. The summed E-state index contributed by atoms with van der Waals surface area (Å²) in [5.74, 6) is -1.49. The number of carboxylic acids is 1. The van der Waals surface area contributed by atoms with Crippen molar-refractivity contribution in [2.24, 2.45) is 0 Å². The molecular formula is C17H21N3O3. The van der Waals surface area contributed by atoms with Gasteiger partial charge in [-0.05, 0) is 51.5 Å². The highest BCUT2D eigenvalue weighted by Crippen LogP contribution is 2.11. The molecule has 6 nitrogen and oxygen atoms in total. The summed E-state index contributed by atoms with van der Waals surface area (Å²) in [7, 11) is 0. The van der Waals surface area contributed by atoms with Gasteiger partial charge in [-0.2, -0.15) is 5.10 Å². The van der Waals surface area contributed by atoms with Gasteiger partial charge in [-0.25, -0.2) is 4.79 Å². The fraction of sp³-hybridized carbons (Fsp3) is 0.353. The van der Waals surface area contributed by atoms with E-state index in [9.17, 15) is 9.59 Å². The number of nitrogens with one attached hydrogen (secondary N) is 1. The van der Waals surface area contributed by atoms with E-state index in [4.69, 9.17) is 5.11 Å². The predicted octanol–water partition coefficient (Wildman–Crippen LogP) is 2.14. The maximum absolute atomic E-state index is 12.2. The van der Waals surface area contributed by atoms with E-state index in [2.05, 4.69) is 10.4 Å². The summed E-state index contributed by atoms with van der Waals surface area (Å²) in [6.07, 6.45) is 0. The topological polar surface area (TPSA) is 84.2 Å². The number of amides is 1. The van der Waals surface area contributed by atoms with Gasteiger partial charge >= 0.3 is 5.97 Å². The molecule has 0 aliphatic heterocycles. The quantitative estimate of drug-likeness (QED) is 0.885. The van der Waals surface area contributed by atoms with E-state index in [0.29, 0.717) is 12.1 Å². The van der Waals surface area contributed by atoms with Crippen LogP contribution in [0.2, 0.25) is 0 Å². The number of carbonyl (C=O) groups is 2. The number of nitrogens with zero attached hydrogens (tertiary/aromatic N) is 2. The Kier molecular flexibility index (Phi) is 4.54. The van der Waals surface area contributed by atoms with E-state index in [1.54, 1.807) is 18.2 Å². The fourth-order valence-electron chi connectivity index (χ4n) is 2.23. The van der Waals surface area contributed by atoms with E-state index in [1.165, 1.54) is 13.8 Å². The van der Waals surface area contributed by atoms with Crippen molar-refractivity contribution in [3.63, 3.8) is 0 Å². The van der Waals surface area contributed by atoms with E-state index in [-0.39, 0.29) is 0 Å². The number of benzene rings is 1. The molecule has 1 heterocycles. The van der Waals surface area contributed by atoms with Crippen molar-refractivity contribution in [2.45, 2.75) is 39.8 Å². The van der Waals surface area contributed by atoms with Gasteiger partial charge in [0.15, 0.2) is 0 Å². The number of aromatic nitrogens is 2. The minimum Gasteiger partial charge on any atom is -0.480 e. The van der Waals surface area contributed by atoms with E-state index >= 15 is 0 Å². The largest absolute Gasteiger partial charge is 0.480 e. The van der Waals surface area contributed by atoms with Gasteiger partial charge in [0.1, 0.15) is 5.54 Å². The van der Waals surface area contributed by atoms with E-state index in [1.807, 2.05) is 30.7 Å². The Labute approximate surface area is 135 Å². The van der Waals surface area contributed by atoms with Gasteiger partial charge < -0.3 is 10.4 Å². The molecule has 0 fully saturated rings. The second-order valence-electron chi connectivity index (χ2n) is 6.17. The van der Waals surface area contributed by atoms with Crippen molar-refractivity contribution in [3.8, 4) is 0 Å². The Bertz CT molecular complexity index is 747. The molecule has 122 valence electrons. The van der Waals surface area contributed by atoms with Crippen LogP contribution in [0.15, 0.2) is 30.3 Å². The van der Waals surface area contributed by atoms with Crippen LogP contribution in [-0.2, 0) is 11.3 Å². The fourth-order valence-corrected chi connectivity index (χ4v) is 2.23. The van der Waals surface area contributed by atoms with Gasteiger partial charge in [-0.3, -0.25) is 9.48 Å². The third kappa shape index (κ3) is 3.97. The summed E-state index contributed by atoms with van der Waals surface area (Å²) in [4.78, 5) is 23.4. The first-order valence-electron chi connectivity index (χ1n) is 7.35. The summed E-state index contributed by atoms with van der Waals surface area (Å²) >= 11 is 0. The smallest absolute Gasteiger partial charge is 0.328 e. The molecule has 0 aliphatic rings. The van der Waals surface area contributed by atoms with Gasteiger partial charge in [0.2, 0.25) is 0 Å². The molecule has 0 radical (unpaired) electrons. The molecule has 0 saturated carbocycles. The Morgan fingerprint density at radius 1 is 1.26 bits per heavy atom. The number of carbonyl (C=O) groups excluding carboxylic acids is 1. The molecule has 2 N–H and O–H groups in total. The van der Waals surface area contributed by atoms with Gasteiger partial charge in [0.25, 0.3) is 5.91 Å². The van der Waals surface area contributed by atoms with Gasteiger partial charge in [0, 0.05) is 11.3 Å². The van der Waals surface area contributed by atoms with E-state index in [0.717, 1.165) is 17.0 Å². The second kappa shape index (κ2) is 6.24. The SMILES string of the molecule is Cc1cc(C)n(Cc2cccc(C(=O)NC(C)(C)C(=O)O)c2)n1. The summed E-state index contributed by atoms with van der Waals surface area (Å²) in [5, 5.41) is 16.0. The molecule has 23 heavy (non-hydrogen) atoms. The zero-order chi connectivity index (χ0) is 17.2. The Morgan fingerprint density at radius 2 is 1.96 bits per heavy atom. The zero-order valence-electron chi connectivity index (χ0n) is 13.8. The number of aliphatic carboxylic acids is 1. The zero-order valence-corrected chi connectivity index (χ0v) is 13.8. The van der Waals surface area contributed by atoms with Crippen LogP contribution in [0.3, 0.4) is 0 Å². The minimum atomic E-state index is -1.32. The molecule has 0 saturated heterocycles. The van der Waals surface area contributed by atoms with Gasteiger partial charge in [0.05, 0.1) is 12.2 Å². The highest BCUT2D eigenvalue weighted by atomic mass is 16.4. The third-order valence-corrected chi connectivity index (χ3v) is 3.59. The lowest BCUT2D eigenvalue weighted by atomic mass is 10.0. The van der Waals surface area contributed by atoms with Crippen LogP contribution in [0.4, 0.5) is 0 Å². The predicted molar refractivity (Wildman–Crippen MR) is 86.4 cm³/mol. The Morgan fingerprint density at radius 3 is 2.52 bits per heavy atom. The monoisotopic (exact) mass is 315 g/mol. The third-order valence-electron chi connectivity index (χ3n) is 3.59. The lowest BCUT2D eigenvalue weighted by Crippen LogP contribution is -2.49. The molecule has 1 aromatic heterocycles. The van der Waals surface area contributed by atoms with Gasteiger partial charge in [-0.15, -0.1) is 0 Å². The van der Waals surface area contributed by atoms with Crippen molar-refractivity contribution < 1.29 is 14.7 Å². The number of hydrogen-bond acceptors (Lipinski definition) is 3. The van der Waals surface area contributed by atoms with Crippen LogP contribution in [0.25, 0.3) is 0 Å². The second-order valence-corrected chi connectivity index (χ2v) is 6.17. The molecule has 1 amide bonds. The van der Waals surface area contributed by atoms with Crippen molar-refractivity contribution >= 4 is 11.9 Å². The highest BCUT2D eigenvalue weighted by molar-refractivity contribution is 5.97. The first-order valence-corrected chi connectivity index (χ1v) is 7.35. The molecule has 1 aromatic carbocycles. The molecule has 2 aromatic rings. The van der Waals surface area contributed by atoms with Crippen molar-refractivity contribution in [1.82, 2.24) is 15.1 Å². The molecule has 0 spiro atoms. The molecule has 0 aliphatic carbocycles. The van der Waals surface area contributed by atoms with Crippen LogP contribution in [0.1, 0.15) is 41.2 Å². The Balaban J connectivity index is 2.18. The standard InChI is InChI=1S/C17H21N3O3/c1-11-8-12(2)20(19-11)10-13-6-5-7-14(9-13)15(21)18-17(3,4)16(22)23/h5-9H,10H2,1-4H3,(H,18,21)(H,22,23). The van der Waals surface area contributed by atoms with Crippen molar-refractivity contribution in [2.75, 3.05) is 0 Å². The molecule has 0 atom stereocenters. The minimum absolute atomic E-state index is 0.410. The van der Waals surface area contributed by atoms with Crippen LogP contribution >= 0.6 is 0 Å². The molecule has 0 bridgehead atoms. The maximum Gasteiger partial charge on any atom is 0.328 e. The number of aryl methyl sites for hydroxylation is 2. The molecule has 6 heteroatoms. The summed E-state index contributed by atoms with van der Waals surface area (Å²) in [6.45, 7) is 7.37. The van der Waals surface area contributed by atoms with Crippen LogP contribution in [0, 0.1) is 13.8 Å². The van der Waals surface area contributed by atoms with Crippen molar-refractivity contribution in [3.05, 3.63) is 52.8 Å². The maximum atomic E-state index is 12.2. The lowest BCUT2D eigenvalue weighted by molar-refractivity contribution is -0.143. The molecule has 0 unspecified atom stereocenters. The van der Waals surface area contributed by atoms with Gasteiger partial charge in [-0.1, -0.05) is 12.1 Å². The van der Waals surface area contributed by atoms with Crippen molar-refractivity contribution in [1.29, 1.82) is 0 Å². The normalized spacial score (nSPS) is 11.3. The Hall–Kier alpha value is -2.63. The number of carboxylic acid groups (broad SMARTS) is 1. The first-order chi connectivity index (χ1) is 10.7. The average molecular weight is 315 g/mol. The van der Waals surface area contributed by atoms with Crippen LogP contribution in [0.5, 0.6) is 0 Å². The number of hydrogen-bond donors (Lipinski definition) is 2. The first kappa shape index (κ1) is 16.7. The highest BCUT2D eigenvalue weighted by Gasteiger charge is 2.29. The van der Waals surface area contributed by atoms with Crippen LogP contribution in [-0.4, -0.2) is 32.3 Å². The molecular weight excluding hydrogens is 294 g/mol. The average Bonchev–Trinajstić information content (AvgIpc) is 2.76. The van der Waals surface area contributed by atoms with E-state index < -0.39 is 17.4 Å². The summed E-state index contributed by atoms with van der Waals surface area (Å²) in [6, 6.07) is 9.10. The van der Waals surface area contributed by atoms with Crippen LogP contribution < -0.4 is 5.32 Å². The molecule has 2 rings (SSSR count). The number of rotatable bonds is 5.